The number of nitrogens with one attached hydrogen (secondary N) is 1. The molecule has 0 saturated heterocycles. The smallest absolute Gasteiger partial charge is 0.234 e. The molecule has 0 radical (unpaired) electrons. The van der Waals surface area contributed by atoms with E-state index in [2.05, 4.69) is 17.4 Å². The molecule has 1 aromatic rings. The minimum absolute atomic E-state index is 0.140. The van der Waals surface area contributed by atoms with E-state index in [1.807, 2.05) is 13.8 Å². The molecule has 0 atom stereocenters. The van der Waals surface area contributed by atoms with Crippen molar-refractivity contribution in [1.82, 2.24) is 0 Å². The molecule has 3 rings (SSSR count). The van der Waals surface area contributed by atoms with E-state index in [1.54, 1.807) is 0 Å². The lowest BCUT2D eigenvalue weighted by Gasteiger charge is -2.20. The Morgan fingerprint density at radius 2 is 1.94 bits per heavy atom. The number of rotatable bonds is 0. The number of carbonyl (C=O) groups is 1. The minimum Gasteiger partial charge on any atom is -0.325 e. The molecule has 2 nitrogen and oxygen atoms in total. The summed E-state index contributed by atoms with van der Waals surface area (Å²) in [4.78, 5) is 11.9. The molecule has 0 aromatic heterocycles. The molecule has 1 aromatic carbocycles. The van der Waals surface area contributed by atoms with Crippen LogP contribution in [0.2, 0.25) is 0 Å². The van der Waals surface area contributed by atoms with E-state index in [4.69, 9.17) is 0 Å². The number of fused-ring (bicyclic) bond motifs is 3. The second kappa shape index (κ2) is 3.09. The summed E-state index contributed by atoms with van der Waals surface area (Å²) in [7, 11) is 0. The first-order chi connectivity index (χ1) is 7.60. The molecule has 2 aliphatic rings. The lowest BCUT2D eigenvalue weighted by molar-refractivity contribution is -0.119. The van der Waals surface area contributed by atoms with Gasteiger partial charge in [0.15, 0.2) is 0 Å². The molecule has 0 saturated carbocycles. The van der Waals surface area contributed by atoms with Crippen LogP contribution in [0.4, 0.5) is 5.69 Å². The quantitative estimate of drug-likeness (QED) is 0.708. The monoisotopic (exact) mass is 215 g/mol. The molecule has 1 amide bonds. The van der Waals surface area contributed by atoms with E-state index in [-0.39, 0.29) is 11.3 Å². The van der Waals surface area contributed by atoms with Gasteiger partial charge in [0.25, 0.3) is 0 Å². The molecule has 2 heteroatoms. The average molecular weight is 215 g/mol. The molecule has 0 fully saturated rings. The number of anilines is 1. The van der Waals surface area contributed by atoms with Gasteiger partial charge in [-0.25, -0.2) is 0 Å². The number of carbonyl (C=O) groups excluding carboxylic acids is 1. The Balaban J connectivity index is 2.21. The van der Waals surface area contributed by atoms with Gasteiger partial charge in [-0.2, -0.15) is 0 Å². The second-order valence-electron chi connectivity index (χ2n) is 5.41. The van der Waals surface area contributed by atoms with Crippen LogP contribution in [0.25, 0.3) is 0 Å². The zero-order chi connectivity index (χ0) is 11.3. The van der Waals surface area contributed by atoms with E-state index in [0.717, 1.165) is 12.1 Å². The van der Waals surface area contributed by atoms with Crippen LogP contribution in [0.5, 0.6) is 0 Å². The second-order valence-corrected chi connectivity index (χ2v) is 5.41. The third kappa shape index (κ3) is 1.16. The highest BCUT2D eigenvalue weighted by Crippen LogP contribution is 2.42. The normalized spacial score (nSPS) is 21.2. The SMILES string of the molecule is CC1(C)C(=O)Nc2c1ccc1c2CCCC1. The Kier molecular flexibility index (Phi) is 1.91. The maximum atomic E-state index is 11.9. The Morgan fingerprint density at radius 1 is 1.19 bits per heavy atom. The topological polar surface area (TPSA) is 29.1 Å². The summed E-state index contributed by atoms with van der Waals surface area (Å²) in [6.07, 6.45) is 4.82. The van der Waals surface area contributed by atoms with Gasteiger partial charge in [-0.3, -0.25) is 4.79 Å². The zero-order valence-electron chi connectivity index (χ0n) is 9.89. The van der Waals surface area contributed by atoms with Gasteiger partial charge in [-0.1, -0.05) is 12.1 Å². The number of aryl methyl sites for hydroxylation is 1. The fourth-order valence-electron chi connectivity index (χ4n) is 2.88. The van der Waals surface area contributed by atoms with Crippen molar-refractivity contribution in [2.75, 3.05) is 5.32 Å². The highest BCUT2D eigenvalue weighted by atomic mass is 16.2. The number of benzene rings is 1. The Labute approximate surface area is 96.1 Å². The third-order valence-electron chi connectivity index (χ3n) is 4.01. The van der Waals surface area contributed by atoms with Crippen LogP contribution in [0.1, 0.15) is 43.4 Å². The molecular weight excluding hydrogens is 198 g/mol. The van der Waals surface area contributed by atoms with Gasteiger partial charge in [-0.05, 0) is 56.2 Å². The van der Waals surface area contributed by atoms with Gasteiger partial charge in [0.1, 0.15) is 0 Å². The summed E-state index contributed by atoms with van der Waals surface area (Å²) in [5.74, 6) is 0.140. The standard InChI is InChI=1S/C14H17NO/c1-14(2)11-8-7-9-5-3-4-6-10(9)12(11)15-13(14)16/h7-8H,3-6H2,1-2H3,(H,15,16). The summed E-state index contributed by atoms with van der Waals surface area (Å²) in [5.41, 5.74) is 4.76. The first kappa shape index (κ1) is 9.88. The minimum atomic E-state index is -0.359. The molecule has 0 spiro atoms. The molecule has 1 aliphatic heterocycles. The van der Waals surface area contributed by atoms with Crippen molar-refractivity contribution in [2.45, 2.75) is 44.9 Å². The summed E-state index contributed by atoms with van der Waals surface area (Å²) in [6, 6.07) is 4.35. The Bertz CT molecular complexity index is 474. The third-order valence-corrected chi connectivity index (χ3v) is 4.01. The van der Waals surface area contributed by atoms with Crippen molar-refractivity contribution in [3.8, 4) is 0 Å². The van der Waals surface area contributed by atoms with Crippen molar-refractivity contribution < 1.29 is 4.79 Å². The fraction of sp³-hybridized carbons (Fsp3) is 0.500. The summed E-state index contributed by atoms with van der Waals surface area (Å²) in [5, 5.41) is 3.08. The van der Waals surface area contributed by atoms with Gasteiger partial charge in [0.05, 0.1) is 5.41 Å². The lowest BCUT2D eigenvalue weighted by Crippen LogP contribution is -2.26. The van der Waals surface area contributed by atoms with Crippen LogP contribution in [0.3, 0.4) is 0 Å². The molecule has 1 aliphatic carbocycles. The van der Waals surface area contributed by atoms with E-state index in [1.165, 1.54) is 36.0 Å². The van der Waals surface area contributed by atoms with Gasteiger partial charge >= 0.3 is 0 Å². The highest BCUT2D eigenvalue weighted by molar-refractivity contribution is 6.06. The van der Waals surface area contributed by atoms with Gasteiger partial charge in [0.2, 0.25) is 5.91 Å². The van der Waals surface area contributed by atoms with Crippen LogP contribution in [-0.4, -0.2) is 5.91 Å². The maximum absolute atomic E-state index is 11.9. The first-order valence-electron chi connectivity index (χ1n) is 6.07. The molecule has 1 heterocycles. The van der Waals surface area contributed by atoms with E-state index >= 15 is 0 Å². The van der Waals surface area contributed by atoms with Crippen LogP contribution < -0.4 is 5.32 Å². The number of amides is 1. The van der Waals surface area contributed by atoms with Gasteiger partial charge in [0, 0.05) is 5.69 Å². The summed E-state index contributed by atoms with van der Waals surface area (Å²) >= 11 is 0. The molecular formula is C14H17NO. The largest absolute Gasteiger partial charge is 0.325 e. The van der Waals surface area contributed by atoms with Crippen molar-refractivity contribution in [3.63, 3.8) is 0 Å². The molecule has 1 N–H and O–H groups in total. The van der Waals surface area contributed by atoms with E-state index in [0.29, 0.717) is 0 Å². The number of hydrogen-bond donors (Lipinski definition) is 1. The van der Waals surface area contributed by atoms with Crippen LogP contribution in [-0.2, 0) is 23.1 Å². The average Bonchev–Trinajstić information content (AvgIpc) is 2.51. The Hall–Kier alpha value is -1.31. The van der Waals surface area contributed by atoms with Crippen LogP contribution in [0.15, 0.2) is 12.1 Å². The van der Waals surface area contributed by atoms with Crippen LogP contribution >= 0.6 is 0 Å². The first-order valence-corrected chi connectivity index (χ1v) is 6.07. The summed E-state index contributed by atoms with van der Waals surface area (Å²) < 4.78 is 0. The van der Waals surface area contributed by atoms with Crippen LogP contribution in [0, 0.1) is 0 Å². The summed E-state index contributed by atoms with van der Waals surface area (Å²) in [6.45, 7) is 4.01. The molecule has 0 unspecified atom stereocenters. The fourth-order valence-corrected chi connectivity index (χ4v) is 2.88. The highest BCUT2D eigenvalue weighted by Gasteiger charge is 2.39. The Morgan fingerprint density at radius 3 is 2.75 bits per heavy atom. The van der Waals surface area contributed by atoms with E-state index in [9.17, 15) is 4.79 Å². The van der Waals surface area contributed by atoms with Crippen molar-refractivity contribution in [3.05, 3.63) is 28.8 Å². The molecule has 84 valence electrons. The van der Waals surface area contributed by atoms with Crippen molar-refractivity contribution in [1.29, 1.82) is 0 Å². The zero-order valence-corrected chi connectivity index (χ0v) is 9.89. The van der Waals surface area contributed by atoms with Gasteiger partial charge < -0.3 is 5.32 Å². The van der Waals surface area contributed by atoms with Crippen molar-refractivity contribution in [2.24, 2.45) is 0 Å². The predicted octanol–water partition coefficient (Wildman–Crippen LogP) is 2.80. The van der Waals surface area contributed by atoms with E-state index < -0.39 is 0 Å². The number of hydrogen-bond acceptors (Lipinski definition) is 1. The van der Waals surface area contributed by atoms with Gasteiger partial charge in [-0.15, -0.1) is 0 Å². The predicted molar refractivity (Wildman–Crippen MR) is 64.7 cm³/mol. The van der Waals surface area contributed by atoms with Crippen molar-refractivity contribution >= 4 is 11.6 Å². The molecule has 0 bridgehead atoms. The lowest BCUT2D eigenvalue weighted by atomic mass is 9.82. The molecule has 16 heavy (non-hydrogen) atoms. The maximum Gasteiger partial charge on any atom is 0.234 e.